The summed E-state index contributed by atoms with van der Waals surface area (Å²) in [5.41, 5.74) is -0.555. The zero-order chi connectivity index (χ0) is 18.1. The number of ketones is 1. The van der Waals surface area contributed by atoms with E-state index in [-0.39, 0.29) is 16.9 Å². The Morgan fingerprint density at radius 2 is 1.92 bits per heavy atom. The highest BCUT2D eigenvalue weighted by molar-refractivity contribution is 6.10. The lowest BCUT2D eigenvalue weighted by Gasteiger charge is -2.29. The van der Waals surface area contributed by atoms with Gasteiger partial charge in [-0.05, 0) is 12.5 Å². The Labute approximate surface area is 142 Å². The van der Waals surface area contributed by atoms with Crippen molar-refractivity contribution >= 4 is 11.7 Å². The fourth-order valence-corrected chi connectivity index (χ4v) is 2.87. The van der Waals surface area contributed by atoms with E-state index in [1.807, 2.05) is 6.92 Å². The van der Waals surface area contributed by atoms with E-state index in [9.17, 15) is 19.1 Å². The summed E-state index contributed by atoms with van der Waals surface area (Å²) >= 11 is 0. The van der Waals surface area contributed by atoms with Crippen LogP contribution < -0.4 is 0 Å². The van der Waals surface area contributed by atoms with Crippen molar-refractivity contribution in [1.29, 1.82) is 0 Å². The van der Waals surface area contributed by atoms with Crippen molar-refractivity contribution in [1.82, 2.24) is 4.90 Å². The van der Waals surface area contributed by atoms with E-state index >= 15 is 0 Å². The van der Waals surface area contributed by atoms with Gasteiger partial charge in [-0.2, -0.15) is 0 Å². The number of aliphatic hydroxyl groups excluding tert-OH is 1. The Bertz CT molecular complexity index is 688. The summed E-state index contributed by atoms with van der Waals surface area (Å²) in [6.45, 7) is 7.49. The van der Waals surface area contributed by atoms with Crippen LogP contribution in [0.2, 0.25) is 0 Å². The zero-order valence-electron chi connectivity index (χ0n) is 14.6. The topological polar surface area (TPSA) is 57.6 Å². The van der Waals surface area contributed by atoms with Crippen LogP contribution in [0.5, 0.6) is 0 Å². The number of carbonyl (C=O) groups is 2. The van der Waals surface area contributed by atoms with E-state index in [0.717, 1.165) is 6.42 Å². The molecular formula is C19H24FNO3. The van der Waals surface area contributed by atoms with Crippen LogP contribution in [0.15, 0.2) is 35.6 Å². The second-order valence-electron chi connectivity index (χ2n) is 7.12. The highest BCUT2D eigenvalue weighted by Crippen LogP contribution is 2.41. The molecule has 1 aromatic rings. The predicted octanol–water partition coefficient (Wildman–Crippen LogP) is 3.94. The second-order valence-corrected chi connectivity index (χ2v) is 7.12. The van der Waals surface area contributed by atoms with Crippen molar-refractivity contribution in [3.05, 3.63) is 47.0 Å². The molecule has 0 fully saturated rings. The van der Waals surface area contributed by atoms with Crippen molar-refractivity contribution in [2.45, 2.75) is 46.6 Å². The van der Waals surface area contributed by atoms with Gasteiger partial charge >= 0.3 is 0 Å². The second kappa shape index (κ2) is 6.75. The number of benzene rings is 1. The van der Waals surface area contributed by atoms with E-state index in [2.05, 4.69) is 0 Å². The maximum absolute atomic E-state index is 14.4. The maximum atomic E-state index is 14.4. The van der Waals surface area contributed by atoms with Crippen LogP contribution in [-0.2, 0) is 9.59 Å². The molecule has 24 heavy (non-hydrogen) atoms. The van der Waals surface area contributed by atoms with Gasteiger partial charge in [0.15, 0.2) is 11.5 Å². The lowest BCUT2D eigenvalue weighted by molar-refractivity contribution is -0.129. The lowest BCUT2D eigenvalue weighted by Crippen LogP contribution is -2.34. The molecule has 2 rings (SSSR count). The Morgan fingerprint density at radius 1 is 1.29 bits per heavy atom. The number of unbranched alkanes of at least 4 members (excludes halogenated alkanes) is 1. The van der Waals surface area contributed by atoms with Gasteiger partial charge in [-0.15, -0.1) is 0 Å². The lowest BCUT2D eigenvalue weighted by atomic mass is 9.82. The van der Waals surface area contributed by atoms with Crippen molar-refractivity contribution in [2.24, 2.45) is 5.41 Å². The first-order valence-electron chi connectivity index (χ1n) is 8.23. The van der Waals surface area contributed by atoms with Crippen LogP contribution >= 0.6 is 0 Å². The van der Waals surface area contributed by atoms with Gasteiger partial charge in [0.2, 0.25) is 0 Å². The summed E-state index contributed by atoms with van der Waals surface area (Å²) in [6.07, 6.45) is 1.55. The Hall–Kier alpha value is -2.17. The van der Waals surface area contributed by atoms with E-state index in [1.54, 1.807) is 39.0 Å². The van der Waals surface area contributed by atoms with Crippen LogP contribution in [0.1, 0.15) is 52.1 Å². The van der Waals surface area contributed by atoms with Gasteiger partial charge < -0.3 is 10.0 Å². The monoisotopic (exact) mass is 333 g/mol. The Morgan fingerprint density at radius 3 is 2.46 bits per heavy atom. The minimum Gasteiger partial charge on any atom is -0.503 e. The molecule has 1 N–H and O–H groups in total. The quantitative estimate of drug-likeness (QED) is 0.888. The average molecular weight is 333 g/mol. The standard InChI is InChI=1S/C19H24FNO3/c1-5-6-11-21-15(12-9-7-8-10-13(12)20)14(16(22)18(21)24)17(23)19(2,3)4/h7-10,15,22H,5-6,11H2,1-4H3. The van der Waals surface area contributed by atoms with Crippen LogP contribution in [0.3, 0.4) is 0 Å². The number of aliphatic hydroxyl groups is 1. The summed E-state index contributed by atoms with van der Waals surface area (Å²) in [7, 11) is 0. The molecule has 0 bridgehead atoms. The molecule has 0 spiro atoms. The van der Waals surface area contributed by atoms with Crippen molar-refractivity contribution in [2.75, 3.05) is 6.54 Å². The minimum atomic E-state index is -0.878. The van der Waals surface area contributed by atoms with Crippen LogP contribution in [0, 0.1) is 11.2 Å². The van der Waals surface area contributed by atoms with Crippen molar-refractivity contribution in [3.8, 4) is 0 Å². The van der Waals surface area contributed by atoms with Gasteiger partial charge in [0.05, 0.1) is 11.6 Å². The summed E-state index contributed by atoms with van der Waals surface area (Å²) in [5.74, 6) is -2.00. The first-order chi connectivity index (χ1) is 11.2. The molecule has 1 aliphatic heterocycles. The molecule has 1 aliphatic rings. The first kappa shape index (κ1) is 18.2. The SMILES string of the molecule is CCCCN1C(=O)C(O)=C(C(=O)C(C)(C)C)C1c1ccccc1F. The van der Waals surface area contributed by atoms with Crippen molar-refractivity contribution < 1.29 is 19.1 Å². The predicted molar refractivity (Wildman–Crippen MR) is 89.9 cm³/mol. The third kappa shape index (κ3) is 3.21. The fraction of sp³-hybridized carbons (Fsp3) is 0.474. The average Bonchev–Trinajstić information content (AvgIpc) is 2.76. The minimum absolute atomic E-state index is 0.00583. The van der Waals surface area contributed by atoms with E-state index < -0.39 is 28.9 Å². The highest BCUT2D eigenvalue weighted by Gasteiger charge is 2.46. The molecule has 0 saturated heterocycles. The van der Waals surface area contributed by atoms with E-state index in [1.165, 1.54) is 11.0 Å². The van der Waals surface area contributed by atoms with E-state index in [0.29, 0.717) is 13.0 Å². The molecule has 0 aromatic heterocycles. The van der Waals surface area contributed by atoms with Gasteiger partial charge in [0.1, 0.15) is 5.82 Å². The number of hydrogen-bond acceptors (Lipinski definition) is 3. The first-order valence-corrected chi connectivity index (χ1v) is 8.23. The number of carbonyl (C=O) groups excluding carboxylic acids is 2. The van der Waals surface area contributed by atoms with Crippen LogP contribution in [0.4, 0.5) is 4.39 Å². The maximum Gasteiger partial charge on any atom is 0.290 e. The summed E-state index contributed by atoms with van der Waals surface area (Å²) in [4.78, 5) is 26.7. The molecule has 4 nitrogen and oxygen atoms in total. The number of Topliss-reactive ketones (excluding diaryl/α,β-unsaturated/α-hetero) is 1. The Kier molecular flexibility index (Phi) is 5.11. The van der Waals surface area contributed by atoms with Crippen LogP contribution in [-0.4, -0.2) is 28.2 Å². The molecule has 1 unspecified atom stereocenters. The fourth-order valence-electron chi connectivity index (χ4n) is 2.87. The van der Waals surface area contributed by atoms with E-state index in [4.69, 9.17) is 0 Å². The number of halogens is 1. The molecule has 1 amide bonds. The summed E-state index contributed by atoms with van der Waals surface area (Å²) < 4.78 is 14.4. The number of amides is 1. The molecule has 0 aliphatic carbocycles. The van der Waals surface area contributed by atoms with Gasteiger partial charge in [0, 0.05) is 17.5 Å². The van der Waals surface area contributed by atoms with Crippen LogP contribution in [0.25, 0.3) is 0 Å². The smallest absolute Gasteiger partial charge is 0.290 e. The normalized spacial score (nSPS) is 18.5. The molecule has 1 aromatic carbocycles. The molecule has 5 heteroatoms. The molecule has 1 heterocycles. The summed E-state index contributed by atoms with van der Waals surface area (Å²) in [5, 5.41) is 10.3. The number of hydrogen-bond donors (Lipinski definition) is 1. The van der Waals surface area contributed by atoms with Gasteiger partial charge in [-0.3, -0.25) is 9.59 Å². The van der Waals surface area contributed by atoms with Gasteiger partial charge in [-0.1, -0.05) is 52.3 Å². The molecule has 130 valence electrons. The molecule has 0 saturated carbocycles. The number of rotatable bonds is 5. The largest absolute Gasteiger partial charge is 0.503 e. The van der Waals surface area contributed by atoms with Gasteiger partial charge in [0.25, 0.3) is 5.91 Å². The third-order valence-corrected chi connectivity index (χ3v) is 4.18. The number of nitrogens with zero attached hydrogens (tertiary/aromatic N) is 1. The molecule has 0 radical (unpaired) electrons. The third-order valence-electron chi connectivity index (χ3n) is 4.18. The zero-order valence-corrected chi connectivity index (χ0v) is 14.6. The molecule has 1 atom stereocenters. The Balaban J connectivity index is 2.59. The summed E-state index contributed by atoms with van der Waals surface area (Å²) in [6, 6.07) is 5.20. The van der Waals surface area contributed by atoms with Crippen molar-refractivity contribution in [3.63, 3.8) is 0 Å². The molecular weight excluding hydrogens is 309 g/mol. The highest BCUT2D eigenvalue weighted by atomic mass is 19.1. The van der Waals surface area contributed by atoms with Gasteiger partial charge in [-0.25, -0.2) is 4.39 Å².